The first-order valence-corrected chi connectivity index (χ1v) is 8.05. The van der Waals surface area contributed by atoms with E-state index < -0.39 is 0 Å². The predicted molar refractivity (Wildman–Crippen MR) is 95.4 cm³/mol. The van der Waals surface area contributed by atoms with Crippen LogP contribution in [0.15, 0.2) is 28.0 Å². The van der Waals surface area contributed by atoms with Crippen LogP contribution >= 0.6 is 24.0 Å². The molecule has 4 heterocycles. The Morgan fingerprint density at radius 3 is 2.64 bits per heavy atom. The first kappa shape index (κ1) is 16.1. The van der Waals surface area contributed by atoms with Gasteiger partial charge in [-0.2, -0.15) is 0 Å². The number of ether oxygens (including phenoxy) is 1. The number of fused-ring (bicyclic) bond motifs is 5. The van der Waals surface area contributed by atoms with Crippen LogP contribution in [0.3, 0.4) is 0 Å². The third kappa shape index (κ3) is 2.87. The van der Waals surface area contributed by atoms with Crippen LogP contribution in [0.5, 0.6) is 0 Å². The molecule has 0 radical (unpaired) electrons. The summed E-state index contributed by atoms with van der Waals surface area (Å²) in [4.78, 5) is 7.19. The average Bonchev–Trinajstić information content (AvgIpc) is 3.25. The van der Waals surface area contributed by atoms with Crippen molar-refractivity contribution in [2.75, 3.05) is 19.6 Å². The monoisotopic (exact) mass is 417 g/mol. The zero-order valence-electron chi connectivity index (χ0n) is 12.9. The lowest BCUT2D eigenvalue weighted by Crippen LogP contribution is -2.41. The fraction of sp³-hybridized carbons (Fsp3) is 0.688. The summed E-state index contributed by atoms with van der Waals surface area (Å²) in [5.74, 6) is 2.45. The Labute approximate surface area is 148 Å². The predicted octanol–water partition coefficient (Wildman–Crippen LogP) is 2.47. The minimum atomic E-state index is 0. The van der Waals surface area contributed by atoms with Crippen LogP contribution in [-0.2, 0) is 11.3 Å². The van der Waals surface area contributed by atoms with E-state index in [-0.39, 0.29) is 24.0 Å². The van der Waals surface area contributed by atoms with Gasteiger partial charge >= 0.3 is 0 Å². The van der Waals surface area contributed by atoms with Gasteiger partial charge in [-0.1, -0.05) is 0 Å². The van der Waals surface area contributed by atoms with Gasteiger partial charge in [0.1, 0.15) is 0 Å². The van der Waals surface area contributed by atoms with E-state index in [0.29, 0.717) is 30.6 Å². The highest BCUT2D eigenvalue weighted by atomic mass is 127. The molecule has 4 rings (SSSR count). The minimum absolute atomic E-state index is 0. The van der Waals surface area contributed by atoms with Crippen LogP contribution in [0, 0.1) is 11.8 Å². The third-order valence-electron chi connectivity index (χ3n) is 5.08. The van der Waals surface area contributed by atoms with E-state index in [1.165, 1.54) is 12.8 Å². The molecule has 3 aliphatic rings. The van der Waals surface area contributed by atoms with Crippen molar-refractivity contribution < 1.29 is 9.15 Å². The van der Waals surface area contributed by atoms with Crippen molar-refractivity contribution in [2.45, 2.75) is 38.5 Å². The molecule has 0 spiro atoms. The van der Waals surface area contributed by atoms with Gasteiger partial charge in [-0.15, -0.1) is 24.0 Å². The minimum Gasteiger partial charge on any atom is -0.472 e. The Balaban J connectivity index is 0.00000144. The molecule has 3 saturated heterocycles. The molecule has 0 amide bonds. The smallest absolute Gasteiger partial charge is 0.194 e. The molecule has 122 valence electrons. The Hall–Kier alpha value is -0.760. The van der Waals surface area contributed by atoms with Gasteiger partial charge < -0.3 is 19.4 Å². The molecule has 1 N–H and O–H groups in total. The number of nitrogens with zero attached hydrogens (tertiary/aromatic N) is 2. The highest BCUT2D eigenvalue weighted by Crippen LogP contribution is 2.47. The van der Waals surface area contributed by atoms with Gasteiger partial charge in [-0.05, 0) is 25.8 Å². The molecule has 1 aromatic heterocycles. The molecule has 3 fully saturated rings. The second kappa shape index (κ2) is 6.78. The maximum absolute atomic E-state index is 6.05. The summed E-state index contributed by atoms with van der Waals surface area (Å²) < 4.78 is 11.2. The lowest BCUT2D eigenvalue weighted by Gasteiger charge is -2.23. The number of furan rings is 1. The zero-order valence-corrected chi connectivity index (χ0v) is 15.2. The van der Waals surface area contributed by atoms with Crippen LogP contribution in [0.2, 0.25) is 0 Å². The molecule has 2 bridgehead atoms. The Morgan fingerprint density at radius 1 is 1.32 bits per heavy atom. The molecule has 22 heavy (non-hydrogen) atoms. The fourth-order valence-corrected chi connectivity index (χ4v) is 4.11. The SMILES string of the molecule is CCNC(=NCc1ccoc1)N1CC2C3CCC(O3)C2C1.I. The van der Waals surface area contributed by atoms with Crippen molar-refractivity contribution in [1.82, 2.24) is 10.2 Å². The molecule has 4 unspecified atom stereocenters. The van der Waals surface area contributed by atoms with E-state index in [9.17, 15) is 0 Å². The van der Waals surface area contributed by atoms with Crippen molar-refractivity contribution in [1.29, 1.82) is 0 Å². The van der Waals surface area contributed by atoms with E-state index in [2.05, 4.69) is 17.1 Å². The standard InChI is InChI=1S/C16H23N3O2.HI/c1-2-17-16(18-7-11-5-6-20-10-11)19-8-12-13(9-19)15-4-3-14(12)21-15;/h5-6,10,12-15H,2-4,7-9H2,1H3,(H,17,18);1H. The number of hydrogen-bond acceptors (Lipinski definition) is 3. The van der Waals surface area contributed by atoms with Gasteiger partial charge in [0, 0.05) is 37.0 Å². The highest BCUT2D eigenvalue weighted by Gasteiger charge is 2.53. The van der Waals surface area contributed by atoms with Crippen molar-refractivity contribution >= 4 is 29.9 Å². The van der Waals surface area contributed by atoms with Gasteiger partial charge in [-0.25, -0.2) is 4.99 Å². The topological polar surface area (TPSA) is 50.0 Å². The van der Waals surface area contributed by atoms with E-state index in [0.717, 1.165) is 31.2 Å². The molecular formula is C16H24IN3O2. The van der Waals surface area contributed by atoms with E-state index >= 15 is 0 Å². The highest BCUT2D eigenvalue weighted by molar-refractivity contribution is 14.0. The van der Waals surface area contributed by atoms with Crippen molar-refractivity contribution in [3.05, 3.63) is 24.2 Å². The second-order valence-electron chi connectivity index (χ2n) is 6.32. The van der Waals surface area contributed by atoms with Crippen LogP contribution in [0.25, 0.3) is 0 Å². The van der Waals surface area contributed by atoms with Crippen LogP contribution < -0.4 is 5.32 Å². The second-order valence-corrected chi connectivity index (χ2v) is 6.32. The summed E-state index contributed by atoms with van der Waals surface area (Å²) in [7, 11) is 0. The first-order chi connectivity index (χ1) is 10.3. The van der Waals surface area contributed by atoms with Crippen molar-refractivity contribution in [2.24, 2.45) is 16.8 Å². The normalized spacial score (nSPS) is 33.0. The Kier molecular flexibility index (Phi) is 4.97. The number of nitrogens with one attached hydrogen (secondary N) is 1. The fourth-order valence-electron chi connectivity index (χ4n) is 4.11. The quantitative estimate of drug-likeness (QED) is 0.467. The molecule has 4 atom stereocenters. The first-order valence-electron chi connectivity index (χ1n) is 8.05. The van der Waals surface area contributed by atoms with E-state index in [1.54, 1.807) is 12.5 Å². The molecule has 6 heteroatoms. The number of rotatable bonds is 3. The summed E-state index contributed by atoms with van der Waals surface area (Å²) in [5.41, 5.74) is 1.12. The summed E-state index contributed by atoms with van der Waals surface area (Å²) >= 11 is 0. The molecular weight excluding hydrogens is 393 g/mol. The van der Waals surface area contributed by atoms with Gasteiger partial charge in [-0.3, -0.25) is 0 Å². The lowest BCUT2D eigenvalue weighted by molar-refractivity contribution is 0.0767. The maximum atomic E-state index is 6.05. The zero-order chi connectivity index (χ0) is 14.2. The van der Waals surface area contributed by atoms with Crippen LogP contribution in [0.1, 0.15) is 25.3 Å². The molecule has 5 nitrogen and oxygen atoms in total. The van der Waals surface area contributed by atoms with Gasteiger partial charge in [0.05, 0.1) is 31.3 Å². The molecule has 0 aromatic carbocycles. The van der Waals surface area contributed by atoms with E-state index in [4.69, 9.17) is 14.1 Å². The van der Waals surface area contributed by atoms with Gasteiger partial charge in [0.25, 0.3) is 0 Å². The van der Waals surface area contributed by atoms with Crippen LogP contribution in [0.4, 0.5) is 0 Å². The molecule has 0 saturated carbocycles. The Bertz CT molecular complexity index is 501. The van der Waals surface area contributed by atoms with Crippen molar-refractivity contribution in [3.63, 3.8) is 0 Å². The summed E-state index contributed by atoms with van der Waals surface area (Å²) in [5, 5.41) is 3.43. The van der Waals surface area contributed by atoms with Gasteiger partial charge in [0.15, 0.2) is 5.96 Å². The number of aliphatic imine (C=N–C) groups is 1. The molecule has 3 aliphatic heterocycles. The van der Waals surface area contributed by atoms with Crippen molar-refractivity contribution in [3.8, 4) is 0 Å². The number of guanidine groups is 1. The number of likely N-dealkylation sites (tertiary alicyclic amines) is 1. The summed E-state index contributed by atoms with van der Waals surface area (Å²) in [6, 6.07) is 1.97. The largest absolute Gasteiger partial charge is 0.472 e. The summed E-state index contributed by atoms with van der Waals surface area (Å²) in [6.07, 6.45) is 6.97. The maximum Gasteiger partial charge on any atom is 0.194 e. The third-order valence-corrected chi connectivity index (χ3v) is 5.08. The summed E-state index contributed by atoms with van der Waals surface area (Å²) in [6.45, 7) is 5.87. The van der Waals surface area contributed by atoms with Crippen LogP contribution in [-0.4, -0.2) is 42.7 Å². The lowest BCUT2D eigenvalue weighted by atomic mass is 9.82. The number of hydrogen-bond donors (Lipinski definition) is 1. The van der Waals surface area contributed by atoms with Gasteiger partial charge in [0.2, 0.25) is 0 Å². The Morgan fingerprint density at radius 2 is 2.05 bits per heavy atom. The van der Waals surface area contributed by atoms with E-state index in [1.807, 2.05) is 6.07 Å². The molecule has 0 aliphatic carbocycles. The molecule has 1 aromatic rings. The average molecular weight is 417 g/mol. The number of halogens is 1.